The van der Waals surface area contributed by atoms with Crippen molar-refractivity contribution in [2.24, 2.45) is 0 Å². The maximum atomic E-state index is 8.98. The van der Waals surface area contributed by atoms with Crippen LogP contribution in [0.1, 0.15) is 11.8 Å². The van der Waals surface area contributed by atoms with Gasteiger partial charge in [-0.3, -0.25) is 0 Å². The van der Waals surface area contributed by atoms with Crippen molar-refractivity contribution in [1.29, 1.82) is 10.5 Å². The third-order valence-corrected chi connectivity index (χ3v) is 3.24. The van der Waals surface area contributed by atoms with Crippen molar-refractivity contribution in [1.82, 2.24) is 4.90 Å². The molecule has 0 aliphatic carbocycles. The van der Waals surface area contributed by atoms with Crippen LogP contribution in [0.2, 0.25) is 0 Å². The van der Waals surface area contributed by atoms with E-state index in [9.17, 15) is 0 Å². The summed E-state index contributed by atoms with van der Waals surface area (Å²) in [6, 6.07) is 7.71. The summed E-state index contributed by atoms with van der Waals surface area (Å²) >= 11 is 1.52. The van der Waals surface area contributed by atoms with Gasteiger partial charge < -0.3 is 4.90 Å². The Bertz CT molecular complexity index is 506. The standard InChI is InChI=1S/C13H13N3S/c1-10(16(2)3)7-12(11(8-14)9-15)13-5-4-6-17-13/h4-7H,1-3H3/b10-7+. The van der Waals surface area contributed by atoms with Gasteiger partial charge in [0.25, 0.3) is 0 Å². The van der Waals surface area contributed by atoms with Crippen LogP contribution in [0, 0.1) is 22.7 Å². The minimum absolute atomic E-state index is 0.147. The maximum absolute atomic E-state index is 8.98. The van der Waals surface area contributed by atoms with E-state index < -0.39 is 0 Å². The Kier molecular flexibility index (Phi) is 4.51. The Labute approximate surface area is 106 Å². The van der Waals surface area contributed by atoms with Gasteiger partial charge in [0, 0.05) is 30.2 Å². The number of rotatable bonds is 3. The van der Waals surface area contributed by atoms with Gasteiger partial charge in [0.1, 0.15) is 17.7 Å². The molecule has 0 saturated carbocycles. The first kappa shape index (κ1) is 13.0. The molecule has 0 bridgehead atoms. The van der Waals surface area contributed by atoms with Gasteiger partial charge in [-0.2, -0.15) is 10.5 Å². The first-order valence-corrected chi connectivity index (χ1v) is 5.92. The third kappa shape index (κ3) is 3.21. The lowest BCUT2D eigenvalue weighted by Crippen LogP contribution is -2.08. The molecule has 0 N–H and O–H groups in total. The summed E-state index contributed by atoms with van der Waals surface area (Å²) in [5, 5.41) is 19.9. The zero-order chi connectivity index (χ0) is 12.8. The lowest BCUT2D eigenvalue weighted by Gasteiger charge is -2.13. The van der Waals surface area contributed by atoms with Crippen molar-refractivity contribution >= 4 is 16.9 Å². The van der Waals surface area contributed by atoms with Crippen molar-refractivity contribution in [2.45, 2.75) is 6.92 Å². The second kappa shape index (κ2) is 5.89. The number of hydrogen-bond donors (Lipinski definition) is 0. The first-order valence-electron chi connectivity index (χ1n) is 5.04. The minimum atomic E-state index is 0.147. The molecule has 0 aromatic carbocycles. The summed E-state index contributed by atoms with van der Waals surface area (Å²) in [4.78, 5) is 2.88. The fourth-order valence-corrected chi connectivity index (χ4v) is 1.93. The molecule has 0 aliphatic rings. The lowest BCUT2D eigenvalue weighted by atomic mass is 10.1. The van der Waals surface area contributed by atoms with Crippen molar-refractivity contribution in [3.05, 3.63) is 39.7 Å². The molecule has 0 radical (unpaired) electrons. The Morgan fingerprint density at radius 3 is 2.41 bits per heavy atom. The molecule has 0 amide bonds. The average molecular weight is 243 g/mol. The number of nitrogens with zero attached hydrogens (tertiary/aromatic N) is 3. The van der Waals surface area contributed by atoms with Gasteiger partial charge in [0.05, 0.1) is 0 Å². The Balaban J connectivity index is 3.35. The Morgan fingerprint density at radius 2 is 2.00 bits per heavy atom. The number of nitriles is 2. The highest BCUT2D eigenvalue weighted by atomic mass is 32.1. The van der Waals surface area contributed by atoms with Crippen LogP contribution in [0.3, 0.4) is 0 Å². The zero-order valence-corrected chi connectivity index (χ0v) is 10.9. The highest BCUT2D eigenvalue weighted by Crippen LogP contribution is 2.25. The van der Waals surface area contributed by atoms with E-state index in [1.807, 2.05) is 61.6 Å². The van der Waals surface area contributed by atoms with E-state index in [0.717, 1.165) is 10.6 Å². The zero-order valence-electron chi connectivity index (χ0n) is 10.1. The van der Waals surface area contributed by atoms with Gasteiger partial charge in [0.2, 0.25) is 0 Å². The van der Waals surface area contributed by atoms with Gasteiger partial charge in [-0.05, 0) is 24.4 Å². The van der Waals surface area contributed by atoms with Crippen LogP contribution in [-0.2, 0) is 0 Å². The molecule has 17 heavy (non-hydrogen) atoms. The molecule has 86 valence electrons. The highest BCUT2D eigenvalue weighted by molar-refractivity contribution is 7.11. The SMILES string of the molecule is C/C(=C\C(=C(C#N)C#N)c1cccs1)N(C)C. The third-order valence-electron chi connectivity index (χ3n) is 2.34. The lowest BCUT2D eigenvalue weighted by molar-refractivity contribution is 0.514. The molecule has 1 aromatic heterocycles. The fraction of sp³-hybridized carbons (Fsp3) is 0.231. The Hall–Kier alpha value is -2.04. The summed E-state index contributed by atoms with van der Waals surface area (Å²) in [5.41, 5.74) is 1.83. The molecular formula is C13H13N3S. The predicted molar refractivity (Wildman–Crippen MR) is 69.9 cm³/mol. The normalized spacial score (nSPS) is 10.3. The van der Waals surface area contributed by atoms with E-state index in [0.29, 0.717) is 5.57 Å². The molecule has 1 aromatic rings. The van der Waals surface area contributed by atoms with Crippen molar-refractivity contribution in [3.8, 4) is 12.1 Å². The summed E-state index contributed by atoms with van der Waals surface area (Å²) < 4.78 is 0. The fourth-order valence-electron chi connectivity index (χ4n) is 1.18. The topological polar surface area (TPSA) is 50.8 Å². The van der Waals surface area contributed by atoms with Gasteiger partial charge >= 0.3 is 0 Å². The van der Waals surface area contributed by atoms with Crippen LogP contribution in [-0.4, -0.2) is 19.0 Å². The number of allylic oxidation sites excluding steroid dienone is 4. The molecule has 4 heteroatoms. The quantitative estimate of drug-likeness (QED) is 0.605. The molecule has 0 atom stereocenters. The van der Waals surface area contributed by atoms with E-state index in [1.54, 1.807) is 0 Å². The van der Waals surface area contributed by atoms with Crippen LogP contribution < -0.4 is 0 Å². The molecule has 0 unspecified atom stereocenters. The van der Waals surface area contributed by atoms with E-state index >= 15 is 0 Å². The molecule has 0 fully saturated rings. The second-order valence-corrected chi connectivity index (χ2v) is 4.62. The first-order chi connectivity index (χ1) is 8.10. The van der Waals surface area contributed by atoms with Gasteiger partial charge in [0.15, 0.2) is 0 Å². The van der Waals surface area contributed by atoms with E-state index in [4.69, 9.17) is 10.5 Å². The summed E-state index contributed by atoms with van der Waals surface area (Å²) in [6.45, 7) is 1.94. The molecule has 1 heterocycles. The molecule has 0 spiro atoms. The van der Waals surface area contributed by atoms with Gasteiger partial charge in [-0.1, -0.05) is 6.07 Å². The number of hydrogen-bond acceptors (Lipinski definition) is 4. The highest BCUT2D eigenvalue weighted by Gasteiger charge is 2.08. The van der Waals surface area contributed by atoms with Crippen LogP contribution in [0.4, 0.5) is 0 Å². The van der Waals surface area contributed by atoms with Crippen molar-refractivity contribution in [2.75, 3.05) is 14.1 Å². The largest absolute Gasteiger partial charge is 0.381 e. The summed E-state index contributed by atoms with van der Waals surface area (Å²) in [5.74, 6) is 0. The minimum Gasteiger partial charge on any atom is -0.381 e. The molecular weight excluding hydrogens is 230 g/mol. The molecule has 3 nitrogen and oxygen atoms in total. The maximum Gasteiger partial charge on any atom is 0.138 e. The van der Waals surface area contributed by atoms with Crippen LogP contribution in [0.15, 0.2) is 34.9 Å². The molecule has 0 aliphatic heterocycles. The monoisotopic (exact) mass is 243 g/mol. The van der Waals surface area contributed by atoms with E-state index in [1.165, 1.54) is 11.3 Å². The van der Waals surface area contributed by atoms with Gasteiger partial charge in [-0.15, -0.1) is 11.3 Å². The van der Waals surface area contributed by atoms with Crippen molar-refractivity contribution < 1.29 is 0 Å². The second-order valence-electron chi connectivity index (χ2n) is 3.67. The Morgan fingerprint density at radius 1 is 1.35 bits per heavy atom. The molecule has 0 saturated heterocycles. The van der Waals surface area contributed by atoms with Crippen LogP contribution in [0.25, 0.3) is 5.57 Å². The molecule has 1 rings (SSSR count). The summed E-state index contributed by atoms with van der Waals surface area (Å²) in [6.07, 6.45) is 1.87. The predicted octanol–water partition coefficient (Wildman–Crippen LogP) is 3.01. The van der Waals surface area contributed by atoms with E-state index in [-0.39, 0.29) is 5.57 Å². The average Bonchev–Trinajstić information content (AvgIpc) is 2.82. The van der Waals surface area contributed by atoms with Crippen molar-refractivity contribution in [3.63, 3.8) is 0 Å². The summed E-state index contributed by atoms with van der Waals surface area (Å²) in [7, 11) is 3.85. The smallest absolute Gasteiger partial charge is 0.138 e. The van der Waals surface area contributed by atoms with Crippen LogP contribution in [0.5, 0.6) is 0 Å². The number of thiophene rings is 1. The van der Waals surface area contributed by atoms with E-state index in [2.05, 4.69) is 0 Å². The van der Waals surface area contributed by atoms with Crippen LogP contribution >= 0.6 is 11.3 Å². The van der Waals surface area contributed by atoms with Gasteiger partial charge in [-0.25, -0.2) is 0 Å².